The van der Waals surface area contributed by atoms with Gasteiger partial charge in [0.1, 0.15) is 6.61 Å². The second-order valence-electron chi connectivity index (χ2n) is 8.04. The van der Waals surface area contributed by atoms with Gasteiger partial charge in [-0.15, -0.1) is 11.3 Å². The normalized spacial score (nSPS) is 14.4. The van der Waals surface area contributed by atoms with Crippen LogP contribution in [0.2, 0.25) is 0 Å². The molecule has 6 nitrogen and oxygen atoms in total. The molecule has 0 aliphatic carbocycles. The highest BCUT2D eigenvalue weighted by atomic mass is 32.2. The Morgan fingerprint density at radius 1 is 1.00 bits per heavy atom. The fourth-order valence-corrected chi connectivity index (χ4v) is 5.56. The smallest absolute Gasteiger partial charge is 0.285 e. The summed E-state index contributed by atoms with van der Waals surface area (Å²) in [6.07, 6.45) is 1.73. The summed E-state index contributed by atoms with van der Waals surface area (Å²) in [6, 6.07) is 23.4. The molecule has 0 radical (unpaired) electrons. The first kappa shape index (κ1) is 25.0. The molecule has 1 N–H and O–H groups in total. The maximum atomic E-state index is 12.9. The summed E-state index contributed by atoms with van der Waals surface area (Å²) in [5.41, 5.74) is 4.40. The number of thiophene rings is 1. The van der Waals surface area contributed by atoms with Crippen LogP contribution in [0.4, 0.5) is 0 Å². The first-order valence-electron chi connectivity index (χ1n) is 11.5. The lowest BCUT2D eigenvalue weighted by atomic mass is 10.1. The molecule has 0 spiro atoms. The molecule has 2 heterocycles. The Hall–Kier alpha value is -3.66. The number of carbonyl (C=O) groups is 2. The van der Waals surface area contributed by atoms with Crippen molar-refractivity contribution in [2.45, 2.75) is 13.5 Å². The van der Waals surface area contributed by atoms with Crippen LogP contribution in [0.5, 0.6) is 11.5 Å². The maximum absolute atomic E-state index is 12.9. The van der Waals surface area contributed by atoms with Crippen molar-refractivity contribution in [3.05, 3.63) is 99.1 Å². The molecule has 0 bridgehead atoms. The molecule has 1 aliphatic rings. The lowest BCUT2D eigenvalue weighted by Gasteiger charge is -2.14. The van der Waals surface area contributed by atoms with Gasteiger partial charge in [-0.05, 0) is 76.8 Å². The average molecular weight is 547 g/mol. The zero-order valence-corrected chi connectivity index (χ0v) is 22.3. The van der Waals surface area contributed by atoms with E-state index in [0.717, 1.165) is 33.3 Å². The highest BCUT2D eigenvalue weighted by molar-refractivity contribution is 8.26. The van der Waals surface area contributed by atoms with E-state index in [-0.39, 0.29) is 16.1 Å². The van der Waals surface area contributed by atoms with E-state index in [1.54, 1.807) is 23.6 Å². The van der Waals surface area contributed by atoms with Gasteiger partial charge >= 0.3 is 0 Å². The quantitative estimate of drug-likeness (QED) is 0.203. The third kappa shape index (κ3) is 5.69. The van der Waals surface area contributed by atoms with Crippen LogP contribution in [0.15, 0.2) is 83.1 Å². The molecule has 37 heavy (non-hydrogen) atoms. The zero-order valence-electron chi connectivity index (χ0n) is 19.8. The van der Waals surface area contributed by atoms with Gasteiger partial charge in [0.2, 0.25) is 0 Å². The van der Waals surface area contributed by atoms with E-state index in [0.29, 0.717) is 34.5 Å². The molecule has 0 unspecified atom stereocenters. The average Bonchev–Trinajstić information content (AvgIpc) is 3.53. The Balaban J connectivity index is 1.31. The van der Waals surface area contributed by atoms with Gasteiger partial charge in [-0.2, -0.15) is 5.01 Å². The number of hydrogen-bond acceptors (Lipinski definition) is 7. The maximum Gasteiger partial charge on any atom is 0.285 e. The highest BCUT2D eigenvalue weighted by Gasteiger charge is 2.34. The number of rotatable bonds is 8. The zero-order chi connectivity index (χ0) is 25.8. The van der Waals surface area contributed by atoms with Gasteiger partial charge in [0.05, 0.1) is 16.4 Å². The Labute approximate surface area is 227 Å². The summed E-state index contributed by atoms with van der Waals surface area (Å²) in [4.78, 5) is 26.2. The van der Waals surface area contributed by atoms with Crippen LogP contribution in [0.1, 0.15) is 27.7 Å². The molecule has 0 atom stereocenters. The summed E-state index contributed by atoms with van der Waals surface area (Å²) in [5, 5.41) is 5.25. The molecule has 5 rings (SSSR count). The number of hydrogen-bond donors (Lipinski definition) is 1. The standard InChI is InChI=1S/C28H22N2O4S3/c1-2-33-23-15-18(10-12-22(23)34-17-19-9-11-20-6-3-4-7-21(20)14-19)16-25-27(32)30(28(35)37-25)29-26(31)24-8-5-13-36-24/h3-16H,2,17H2,1H3,(H,29,31)/b25-16+. The number of thiocarbonyl (C=S) groups is 1. The second kappa shape index (κ2) is 11.2. The Morgan fingerprint density at radius 2 is 1.84 bits per heavy atom. The molecule has 1 fully saturated rings. The fraction of sp³-hybridized carbons (Fsp3) is 0.107. The lowest BCUT2D eigenvalue weighted by Crippen LogP contribution is -2.44. The predicted molar refractivity (Wildman–Crippen MR) is 153 cm³/mol. The largest absolute Gasteiger partial charge is 0.490 e. The van der Waals surface area contributed by atoms with Gasteiger partial charge in [0.25, 0.3) is 11.8 Å². The summed E-state index contributed by atoms with van der Waals surface area (Å²) in [6.45, 7) is 2.76. The van der Waals surface area contributed by atoms with Crippen LogP contribution >= 0.6 is 35.3 Å². The van der Waals surface area contributed by atoms with E-state index >= 15 is 0 Å². The second-order valence-corrected chi connectivity index (χ2v) is 10.7. The third-order valence-corrected chi connectivity index (χ3v) is 7.70. The van der Waals surface area contributed by atoms with E-state index in [1.165, 1.54) is 16.7 Å². The van der Waals surface area contributed by atoms with E-state index in [1.807, 2.05) is 37.3 Å². The Morgan fingerprint density at radius 3 is 2.62 bits per heavy atom. The number of fused-ring (bicyclic) bond motifs is 1. The van der Waals surface area contributed by atoms with Crippen molar-refractivity contribution >= 4 is 68.3 Å². The van der Waals surface area contributed by atoms with Gasteiger partial charge in [0.15, 0.2) is 15.8 Å². The molecule has 3 aromatic carbocycles. The first-order chi connectivity index (χ1) is 18.0. The number of nitrogens with one attached hydrogen (secondary N) is 1. The van der Waals surface area contributed by atoms with E-state index in [2.05, 4.69) is 35.8 Å². The molecular formula is C28H22N2O4S3. The minimum Gasteiger partial charge on any atom is -0.490 e. The topological polar surface area (TPSA) is 67.9 Å². The van der Waals surface area contributed by atoms with Crippen molar-refractivity contribution in [1.82, 2.24) is 10.4 Å². The SMILES string of the molecule is CCOc1cc(/C=C2/SC(=S)N(NC(=O)c3cccs3)C2=O)ccc1OCc1ccc2ccccc2c1. The number of amides is 2. The van der Waals surface area contributed by atoms with Crippen molar-refractivity contribution in [3.63, 3.8) is 0 Å². The van der Waals surface area contributed by atoms with Crippen LogP contribution in [-0.2, 0) is 11.4 Å². The van der Waals surface area contributed by atoms with Crippen LogP contribution < -0.4 is 14.9 Å². The van der Waals surface area contributed by atoms with Crippen LogP contribution in [0.25, 0.3) is 16.8 Å². The molecule has 186 valence electrons. The Kier molecular flexibility index (Phi) is 7.55. The number of nitrogens with zero attached hydrogens (tertiary/aromatic N) is 1. The minimum atomic E-state index is -0.380. The molecule has 2 amide bonds. The van der Waals surface area contributed by atoms with Crippen molar-refractivity contribution in [2.24, 2.45) is 0 Å². The number of carbonyl (C=O) groups excluding carboxylic acids is 2. The molecule has 9 heteroatoms. The highest BCUT2D eigenvalue weighted by Crippen LogP contribution is 2.35. The molecular weight excluding hydrogens is 525 g/mol. The van der Waals surface area contributed by atoms with Gasteiger partial charge in [0, 0.05) is 0 Å². The third-order valence-electron chi connectivity index (χ3n) is 5.53. The van der Waals surface area contributed by atoms with E-state index < -0.39 is 0 Å². The number of benzene rings is 3. The van der Waals surface area contributed by atoms with Crippen LogP contribution in [-0.4, -0.2) is 27.8 Å². The molecule has 4 aromatic rings. The van der Waals surface area contributed by atoms with Gasteiger partial charge in [-0.1, -0.05) is 60.3 Å². The lowest BCUT2D eigenvalue weighted by molar-refractivity contribution is -0.123. The minimum absolute atomic E-state index is 0.265. The Bertz CT molecular complexity index is 1520. The van der Waals surface area contributed by atoms with Crippen molar-refractivity contribution in [3.8, 4) is 11.5 Å². The fourth-order valence-electron chi connectivity index (χ4n) is 3.77. The number of thioether (sulfide) groups is 1. The van der Waals surface area contributed by atoms with Crippen molar-refractivity contribution in [1.29, 1.82) is 0 Å². The van der Waals surface area contributed by atoms with Crippen LogP contribution in [0, 0.1) is 0 Å². The molecule has 1 aliphatic heterocycles. The number of hydrazine groups is 1. The monoisotopic (exact) mass is 546 g/mol. The van der Waals surface area contributed by atoms with Crippen molar-refractivity contribution < 1.29 is 19.1 Å². The predicted octanol–water partition coefficient (Wildman–Crippen LogP) is 6.43. The first-order valence-corrected chi connectivity index (χ1v) is 13.6. The molecule has 1 aromatic heterocycles. The summed E-state index contributed by atoms with van der Waals surface area (Å²) in [7, 11) is 0. The van der Waals surface area contributed by atoms with E-state index in [9.17, 15) is 9.59 Å². The number of ether oxygens (including phenoxy) is 2. The van der Waals surface area contributed by atoms with Gasteiger partial charge in [-0.25, -0.2) is 0 Å². The summed E-state index contributed by atoms with van der Waals surface area (Å²) < 4.78 is 12.2. The van der Waals surface area contributed by atoms with E-state index in [4.69, 9.17) is 21.7 Å². The molecule has 1 saturated heterocycles. The molecule has 0 saturated carbocycles. The van der Waals surface area contributed by atoms with Gasteiger partial charge in [-0.3, -0.25) is 15.0 Å². The van der Waals surface area contributed by atoms with Crippen molar-refractivity contribution in [2.75, 3.05) is 6.61 Å². The van der Waals surface area contributed by atoms with Crippen LogP contribution in [0.3, 0.4) is 0 Å². The summed E-state index contributed by atoms with van der Waals surface area (Å²) in [5.74, 6) is 0.440. The summed E-state index contributed by atoms with van der Waals surface area (Å²) >= 11 is 7.75. The van der Waals surface area contributed by atoms with Gasteiger partial charge < -0.3 is 9.47 Å².